The number of nitrogens with one attached hydrogen (secondary N) is 1. The van der Waals surface area contributed by atoms with E-state index in [4.69, 9.17) is 4.74 Å². The Labute approximate surface area is 110 Å². The second-order valence-electron chi connectivity index (χ2n) is 5.15. The fourth-order valence-electron chi connectivity index (χ4n) is 2.54. The van der Waals surface area contributed by atoms with Crippen LogP contribution in [0.15, 0.2) is 30.5 Å². The van der Waals surface area contributed by atoms with Gasteiger partial charge in [0.25, 0.3) is 0 Å². The quantitative estimate of drug-likeness (QED) is 0.878. The zero-order valence-corrected chi connectivity index (χ0v) is 10.7. The van der Waals surface area contributed by atoms with Crippen molar-refractivity contribution >= 4 is 22.6 Å². The maximum atomic E-state index is 11.4. The van der Waals surface area contributed by atoms with Gasteiger partial charge in [-0.25, -0.2) is 0 Å². The van der Waals surface area contributed by atoms with Gasteiger partial charge >= 0.3 is 5.97 Å². The molecule has 1 aliphatic heterocycles. The summed E-state index contributed by atoms with van der Waals surface area (Å²) in [5.41, 5.74) is 1.30. The molecule has 0 bridgehead atoms. The van der Waals surface area contributed by atoms with Crippen molar-refractivity contribution < 1.29 is 14.6 Å². The Morgan fingerprint density at radius 1 is 1.47 bits per heavy atom. The summed E-state index contributed by atoms with van der Waals surface area (Å²) in [6.45, 7) is 1.02. The van der Waals surface area contributed by atoms with Gasteiger partial charge in [0, 0.05) is 30.7 Å². The summed E-state index contributed by atoms with van der Waals surface area (Å²) in [6.07, 6.45) is 1.92. The highest BCUT2D eigenvalue weighted by atomic mass is 16.5. The van der Waals surface area contributed by atoms with Crippen molar-refractivity contribution in [2.24, 2.45) is 5.41 Å². The van der Waals surface area contributed by atoms with Crippen LogP contribution < -0.4 is 4.90 Å². The first-order chi connectivity index (χ1) is 9.12. The molecule has 1 aromatic heterocycles. The summed E-state index contributed by atoms with van der Waals surface area (Å²) < 4.78 is 5.09. The van der Waals surface area contributed by atoms with E-state index in [0.29, 0.717) is 6.54 Å². The third-order valence-corrected chi connectivity index (χ3v) is 3.73. The second kappa shape index (κ2) is 4.28. The molecule has 5 nitrogen and oxygen atoms in total. The second-order valence-corrected chi connectivity index (χ2v) is 5.15. The Hall–Kier alpha value is -2.01. The fourth-order valence-corrected chi connectivity index (χ4v) is 2.54. The number of hydrogen-bond donors (Lipinski definition) is 2. The van der Waals surface area contributed by atoms with Gasteiger partial charge in [0.15, 0.2) is 0 Å². The molecule has 1 aromatic carbocycles. The van der Waals surface area contributed by atoms with Crippen molar-refractivity contribution in [3.05, 3.63) is 30.5 Å². The van der Waals surface area contributed by atoms with E-state index < -0.39 is 11.4 Å². The predicted molar refractivity (Wildman–Crippen MR) is 72.5 cm³/mol. The van der Waals surface area contributed by atoms with Gasteiger partial charge < -0.3 is 19.7 Å². The van der Waals surface area contributed by atoms with Gasteiger partial charge in [-0.2, -0.15) is 0 Å². The topological polar surface area (TPSA) is 65.6 Å². The molecule has 0 atom stereocenters. The molecule has 0 unspecified atom stereocenters. The number of aromatic amines is 1. The SMILES string of the molecule is CN(CC1(C(=O)O)COC1)c1c[nH]c2ccccc12. The summed E-state index contributed by atoms with van der Waals surface area (Å²) in [5.74, 6) is -0.787. The lowest BCUT2D eigenvalue weighted by Crippen LogP contribution is -2.55. The number of para-hydroxylation sites is 1. The number of carboxylic acids is 1. The van der Waals surface area contributed by atoms with Crippen molar-refractivity contribution in [1.29, 1.82) is 0 Å². The van der Waals surface area contributed by atoms with Crippen LogP contribution in [0.3, 0.4) is 0 Å². The first-order valence-electron chi connectivity index (χ1n) is 6.21. The molecule has 1 aliphatic rings. The number of H-pyrrole nitrogens is 1. The van der Waals surface area contributed by atoms with E-state index in [0.717, 1.165) is 16.6 Å². The van der Waals surface area contributed by atoms with E-state index in [2.05, 4.69) is 4.98 Å². The standard InChI is InChI=1S/C14H16N2O3/c1-16(7-14(13(17)18)8-19-9-14)12-6-15-11-5-3-2-4-10(11)12/h2-6,15H,7-9H2,1H3,(H,17,18). The number of aromatic nitrogens is 1. The van der Waals surface area contributed by atoms with E-state index in [1.54, 1.807) is 0 Å². The van der Waals surface area contributed by atoms with Crippen LogP contribution in [0.1, 0.15) is 0 Å². The molecule has 19 heavy (non-hydrogen) atoms. The third-order valence-electron chi connectivity index (χ3n) is 3.73. The van der Waals surface area contributed by atoms with Crippen LogP contribution in [0.25, 0.3) is 10.9 Å². The molecule has 2 N–H and O–H groups in total. The van der Waals surface area contributed by atoms with Crippen LogP contribution >= 0.6 is 0 Å². The van der Waals surface area contributed by atoms with Crippen LogP contribution in [0.4, 0.5) is 5.69 Å². The number of ether oxygens (including phenoxy) is 1. The minimum absolute atomic E-state index is 0.287. The van der Waals surface area contributed by atoms with Gasteiger partial charge in [0.1, 0.15) is 5.41 Å². The number of carboxylic acid groups (broad SMARTS) is 1. The highest BCUT2D eigenvalue weighted by molar-refractivity contribution is 5.93. The van der Waals surface area contributed by atoms with Gasteiger partial charge in [0.05, 0.1) is 18.9 Å². The van der Waals surface area contributed by atoms with Gasteiger partial charge in [-0.1, -0.05) is 18.2 Å². The maximum Gasteiger partial charge on any atom is 0.316 e. The Bertz CT molecular complexity index is 616. The molecule has 1 saturated heterocycles. The van der Waals surface area contributed by atoms with Gasteiger partial charge in [-0.05, 0) is 6.07 Å². The zero-order chi connectivity index (χ0) is 13.5. The Morgan fingerprint density at radius 3 is 2.84 bits per heavy atom. The average molecular weight is 260 g/mol. The number of anilines is 1. The summed E-state index contributed by atoms with van der Waals surface area (Å²) in [5, 5.41) is 10.4. The lowest BCUT2D eigenvalue weighted by molar-refractivity contribution is -0.177. The molecule has 0 radical (unpaired) electrons. The van der Waals surface area contributed by atoms with Crippen molar-refractivity contribution in [1.82, 2.24) is 4.98 Å². The number of nitrogens with zero attached hydrogens (tertiary/aromatic N) is 1. The van der Waals surface area contributed by atoms with Crippen LogP contribution in [0, 0.1) is 5.41 Å². The van der Waals surface area contributed by atoms with Crippen LogP contribution in [0.2, 0.25) is 0 Å². The van der Waals surface area contributed by atoms with E-state index in [1.165, 1.54) is 0 Å². The maximum absolute atomic E-state index is 11.4. The van der Waals surface area contributed by atoms with Gasteiger partial charge in [-0.15, -0.1) is 0 Å². The number of rotatable bonds is 4. The van der Waals surface area contributed by atoms with Crippen molar-refractivity contribution in [3.63, 3.8) is 0 Å². The number of carbonyl (C=O) groups is 1. The Balaban J connectivity index is 1.88. The molecule has 0 aliphatic carbocycles. The summed E-state index contributed by atoms with van der Waals surface area (Å²) >= 11 is 0. The summed E-state index contributed by atoms with van der Waals surface area (Å²) in [4.78, 5) is 16.5. The molecule has 3 rings (SSSR count). The lowest BCUT2D eigenvalue weighted by Gasteiger charge is -2.40. The average Bonchev–Trinajstić information content (AvgIpc) is 2.77. The summed E-state index contributed by atoms with van der Waals surface area (Å²) in [6, 6.07) is 7.99. The molecule has 100 valence electrons. The zero-order valence-electron chi connectivity index (χ0n) is 10.7. The number of aliphatic carboxylic acids is 1. The van der Waals surface area contributed by atoms with E-state index in [1.807, 2.05) is 42.4 Å². The molecular weight excluding hydrogens is 244 g/mol. The Kier molecular flexibility index (Phi) is 2.71. The molecule has 2 heterocycles. The molecule has 5 heteroatoms. The van der Waals surface area contributed by atoms with Gasteiger partial charge in [-0.3, -0.25) is 4.79 Å². The first kappa shape index (κ1) is 12.0. The normalized spacial score (nSPS) is 17.1. The van der Waals surface area contributed by atoms with Crippen LogP contribution in [-0.4, -0.2) is 42.9 Å². The highest BCUT2D eigenvalue weighted by Gasteiger charge is 2.47. The molecule has 0 amide bonds. The van der Waals surface area contributed by atoms with E-state index in [-0.39, 0.29) is 13.2 Å². The minimum atomic E-state index is -0.787. The monoisotopic (exact) mass is 260 g/mol. The van der Waals surface area contributed by atoms with E-state index in [9.17, 15) is 9.90 Å². The number of benzene rings is 1. The fraction of sp³-hybridized carbons (Fsp3) is 0.357. The molecule has 0 spiro atoms. The molecule has 0 saturated carbocycles. The lowest BCUT2D eigenvalue weighted by atomic mass is 9.85. The predicted octanol–water partition coefficient (Wildman–Crippen LogP) is 1.71. The smallest absolute Gasteiger partial charge is 0.316 e. The van der Waals surface area contributed by atoms with Crippen molar-refractivity contribution in [2.75, 3.05) is 31.7 Å². The highest BCUT2D eigenvalue weighted by Crippen LogP contribution is 2.32. The molecule has 1 fully saturated rings. The third kappa shape index (κ3) is 1.86. The summed E-state index contributed by atoms with van der Waals surface area (Å²) in [7, 11) is 1.92. The Morgan fingerprint density at radius 2 is 2.21 bits per heavy atom. The van der Waals surface area contributed by atoms with E-state index >= 15 is 0 Å². The van der Waals surface area contributed by atoms with Crippen molar-refractivity contribution in [2.45, 2.75) is 0 Å². The minimum Gasteiger partial charge on any atom is -0.481 e. The molecular formula is C14H16N2O3. The first-order valence-corrected chi connectivity index (χ1v) is 6.21. The number of fused-ring (bicyclic) bond motifs is 1. The number of hydrogen-bond acceptors (Lipinski definition) is 3. The largest absolute Gasteiger partial charge is 0.481 e. The molecule has 2 aromatic rings. The van der Waals surface area contributed by atoms with Crippen molar-refractivity contribution in [3.8, 4) is 0 Å². The van der Waals surface area contributed by atoms with Crippen LogP contribution in [-0.2, 0) is 9.53 Å². The van der Waals surface area contributed by atoms with Gasteiger partial charge in [0.2, 0.25) is 0 Å². The van der Waals surface area contributed by atoms with Crippen LogP contribution in [0.5, 0.6) is 0 Å².